The third-order valence-corrected chi connectivity index (χ3v) is 2.87. The molecule has 0 atom stereocenters. The number of hydrogen-bond donors (Lipinski definition) is 1. The number of sulfonamides is 1. The van der Waals surface area contributed by atoms with E-state index in [2.05, 4.69) is 4.98 Å². The number of aryl methyl sites for hydroxylation is 1. The van der Waals surface area contributed by atoms with E-state index in [9.17, 15) is 8.42 Å². The monoisotopic (exact) mass is 206 g/mol. The van der Waals surface area contributed by atoms with Crippen LogP contribution in [0.1, 0.15) is 5.56 Å². The molecule has 1 aromatic rings. The van der Waals surface area contributed by atoms with Gasteiger partial charge < -0.3 is 0 Å². The molecule has 4 nitrogen and oxygen atoms in total. The van der Waals surface area contributed by atoms with E-state index in [-0.39, 0.29) is 5.03 Å². The van der Waals surface area contributed by atoms with E-state index in [0.717, 1.165) is 5.56 Å². The zero-order valence-corrected chi connectivity index (χ0v) is 7.85. The van der Waals surface area contributed by atoms with Crippen LogP contribution in [0.25, 0.3) is 0 Å². The van der Waals surface area contributed by atoms with Crippen LogP contribution in [-0.2, 0) is 10.0 Å². The average Bonchev–Trinajstić information content (AvgIpc) is 2.05. The fourth-order valence-corrected chi connectivity index (χ4v) is 1.41. The van der Waals surface area contributed by atoms with E-state index in [1.807, 2.05) is 6.92 Å². The Morgan fingerprint density at radius 2 is 2.17 bits per heavy atom. The summed E-state index contributed by atoms with van der Waals surface area (Å²) in [6, 6.07) is 3.04. The van der Waals surface area contributed by atoms with E-state index >= 15 is 0 Å². The number of pyridine rings is 1. The van der Waals surface area contributed by atoms with Crippen molar-refractivity contribution in [2.24, 2.45) is 0 Å². The third kappa shape index (κ3) is 1.94. The zero-order chi connectivity index (χ0) is 9.19. The molecule has 66 valence electrons. The molecule has 0 aliphatic heterocycles. The first-order valence-corrected chi connectivity index (χ1v) is 4.97. The predicted molar refractivity (Wildman–Crippen MR) is 45.1 cm³/mol. The first-order chi connectivity index (χ1) is 5.56. The molecular formula is C6H7ClN2O2S. The van der Waals surface area contributed by atoms with Gasteiger partial charge in [-0.15, -0.1) is 4.24 Å². The number of halogens is 1. The highest BCUT2D eigenvalue weighted by atomic mass is 35.5. The molecule has 0 unspecified atom stereocenters. The Bertz CT molecular complexity index is 360. The maximum absolute atomic E-state index is 11.0. The van der Waals surface area contributed by atoms with Gasteiger partial charge in [0, 0.05) is 6.20 Å². The largest absolute Gasteiger partial charge is 0.271 e. The highest BCUT2D eigenvalue weighted by Gasteiger charge is 2.12. The Balaban J connectivity index is 3.14. The SMILES string of the molecule is Cc1ccc(S(=O)(=O)NCl)nc1. The minimum Gasteiger partial charge on any atom is -0.243 e. The molecule has 1 N–H and O–H groups in total. The van der Waals surface area contributed by atoms with Crippen molar-refractivity contribution < 1.29 is 8.42 Å². The lowest BCUT2D eigenvalue weighted by Crippen LogP contribution is -2.14. The summed E-state index contributed by atoms with van der Waals surface area (Å²) in [5.41, 5.74) is 0.892. The summed E-state index contributed by atoms with van der Waals surface area (Å²) < 4.78 is 23.7. The van der Waals surface area contributed by atoms with E-state index < -0.39 is 10.0 Å². The van der Waals surface area contributed by atoms with Crippen molar-refractivity contribution in [2.75, 3.05) is 0 Å². The molecule has 0 fully saturated rings. The molecule has 12 heavy (non-hydrogen) atoms. The predicted octanol–water partition coefficient (Wildman–Crippen LogP) is 0.822. The molecule has 0 aromatic carbocycles. The van der Waals surface area contributed by atoms with Crippen molar-refractivity contribution in [3.63, 3.8) is 0 Å². The van der Waals surface area contributed by atoms with Crippen molar-refractivity contribution in [3.8, 4) is 0 Å². The molecule has 0 radical (unpaired) electrons. The molecule has 1 rings (SSSR count). The van der Waals surface area contributed by atoms with Crippen molar-refractivity contribution in [3.05, 3.63) is 23.9 Å². The molecule has 0 saturated heterocycles. The zero-order valence-electron chi connectivity index (χ0n) is 6.28. The van der Waals surface area contributed by atoms with E-state index in [1.54, 1.807) is 10.3 Å². The van der Waals surface area contributed by atoms with Gasteiger partial charge in [0.05, 0.1) is 0 Å². The van der Waals surface area contributed by atoms with Crippen molar-refractivity contribution in [1.82, 2.24) is 9.23 Å². The normalized spacial score (nSPS) is 11.5. The molecule has 1 aromatic heterocycles. The summed E-state index contributed by atoms with van der Waals surface area (Å²) in [6.45, 7) is 1.82. The summed E-state index contributed by atoms with van der Waals surface area (Å²) in [5, 5.41) is -0.0805. The summed E-state index contributed by atoms with van der Waals surface area (Å²) in [5.74, 6) is 0. The van der Waals surface area contributed by atoms with Crippen molar-refractivity contribution in [1.29, 1.82) is 0 Å². The van der Waals surface area contributed by atoms with Crippen LogP contribution in [0.15, 0.2) is 23.4 Å². The van der Waals surface area contributed by atoms with Gasteiger partial charge in [0.25, 0.3) is 10.0 Å². The Morgan fingerprint density at radius 1 is 1.50 bits per heavy atom. The summed E-state index contributed by atoms with van der Waals surface area (Å²) in [4.78, 5) is 3.69. The van der Waals surface area contributed by atoms with Gasteiger partial charge in [0.2, 0.25) is 0 Å². The summed E-state index contributed by atoms with van der Waals surface area (Å²) in [6.07, 6.45) is 1.46. The Labute approximate surface area is 75.7 Å². The second-order valence-electron chi connectivity index (χ2n) is 2.25. The van der Waals surface area contributed by atoms with E-state index in [0.29, 0.717) is 0 Å². The standard InChI is InChI=1S/C6H7ClN2O2S/c1-5-2-3-6(8-4-5)12(10,11)9-7/h2-4,9H,1H3. The second kappa shape index (κ2) is 3.38. The number of rotatable bonds is 2. The van der Waals surface area contributed by atoms with E-state index in [1.165, 1.54) is 12.3 Å². The fraction of sp³-hybridized carbons (Fsp3) is 0.167. The van der Waals surface area contributed by atoms with Gasteiger partial charge in [-0.05, 0) is 30.3 Å². The maximum Gasteiger partial charge on any atom is 0.271 e. The first-order valence-electron chi connectivity index (χ1n) is 3.11. The number of aromatic nitrogens is 1. The summed E-state index contributed by atoms with van der Waals surface area (Å²) in [7, 11) is -3.61. The topological polar surface area (TPSA) is 59.1 Å². The minimum atomic E-state index is -3.61. The smallest absolute Gasteiger partial charge is 0.243 e. The van der Waals surface area contributed by atoms with Gasteiger partial charge >= 0.3 is 0 Å². The van der Waals surface area contributed by atoms with Gasteiger partial charge in [-0.1, -0.05) is 6.07 Å². The fourth-order valence-electron chi connectivity index (χ4n) is 0.653. The highest BCUT2D eigenvalue weighted by Crippen LogP contribution is 2.05. The van der Waals surface area contributed by atoms with Gasteiger partial charge in [-0.3, -0.25) is 0 Å². The Morgan fingerprint density at radius 3 is 2.58 bits per heavy atom. The molecule has 0 aliphatic rings. The molecule has 1 heterocycles. The lowest BCUT2D eigenvalue weighted by atomic mass is 10.3. The quantitative estimate of drug-likeness (QED) is 0.729. The van der Waals surface area contributed by atoms with Gasteiger partial charge in [0.1, 0.15) is 0 Å². The van der Waals surface area contributed by atoms with Crippen LogP contribution in [0.4, 0.5) is 0 Å². The van der Waals surface area contributed by atoms with E-state index in [4.69, 9.17) is 11.8 Å². The Kier molecular flexibility index (Phi) is 2.66. The Hall–Kier alpha value is -0.650. The second-order valence-corrected chi connectivity index (χ2v) is 4.30. The molecule has 6 heteroatoms. The minimum absolute atomic E-state index is 0.0805. The highest BCUT2D eigenvalue weighted by molar-refractivity contribution is 7.90. The number of nitrogens with one attached hydrogen (secondary N) is 1. The van der Waals surface area contributed by atoms with Crippen LogP contribution in [0, 0.1) is 6.92 Å². The number of hydrogen-bond acceptors (Lipinski definition) is 3. The van der Waals surface area contributed by atoms with Crippen LogP contribution in [0.2, 0.25) is 0 Å². The molecule has 0 spiro atoms. The van der Waals surface area contributed by atoms with Crippen LogP contribution in [0.5, 0.6) is 0 Å². The first kappa shape index (κ1) is 9.44. The van der Waals surface area contributed by atoms with Crippen molar-refractivity contribution >= 4 is 21.8 Å². The van der Waals surface area contributed by atoms with Crippen LogP contribution in [0.3, 0.4) is 0 Å². The van der Waals surface area contributed by atoms with Crippen LogP contribution in [-0.4, -0.2) is 13.4 Å². The molecule has 0 aliphatic carbocycles. The summed E-state index contributed by atoms with van der Waals surface area (Å²) >= 11 is 4.99. The van der Waals surface area contributed by atoms with Gasteiger partial charge in [0.15, 0.2) is 5.03 Å². The third-order valence-electron chi connectivity index (χ3n) is 1.26. The lowest BCUT2D eigenvalue weighted by Gasteiger charge is -1.98. The lowest BCUT2D eigenvalue weighted by molar-refractivity contribution is 0.590. The average molecular weight is 207 g/mol. The van der Waals surface area contributed by atoms with Gasteiger partial charge in [-0.25, -0.2) is 13.4 Å². The number of nitrogens with zero attached hydrogens (tertiary/aromatic N) is 1. The molecule has 0 saturated carbocycles. The molecular weight excluding hydrogens is 200 g/mol. The van der Waals surface area contributed by atoms with Gasteiger partial charge in [-0.2, -0.15) is 0 Å². The van der Waals surface area contributed by atoms with Crippen LogP contribution < -0.4 is 4.24 Å². The molecule has 0 amide bonds. The maximum atomic E-state index is 11.0. The van der Waals surface area contributed by atoms with Crippen molar-refractivity contribution in [2.45, 2.75) is 11.9 Å². The van der Waals surface area contributed by atoms with Crippen LogP contribution >= 0.6 is 11.8 Å². The molecule has 0 bridgehead atoms.